The maximum absolute atomic E-state index is 12.7. The molecule has 0 spiro atoms. The van der Waals surface area contributed by atoms with Crippen LogP contribution in [-0.2, 0) is 18.4 Å². The third kappa shape index (κ3) is 38.5. The van der Waals surface area contributed by atoms with E-state index in [-0.39, 0.29) is 19.1 Å². The van der Waals surface area contributed by atoms with E-state index in [2.05, 4.69) is 67.8 Å². The molecule has 0 aliphatic heterocycles. The summed E-state index contributed by atoms with van der Waals surface area (Å²) in [6, 6.07) is -0.884. The van der Waals surface area contributed by atoms with Crippen molar-refractivity contribution in [3.05, 3.63) is 60.8 Å². The van der Waals surface area contributed by atoms with Gasteiger partial charge in [0, 0.05) is 6.42 Å². The number of quaternary nitrogens is 1. The van der Waals surface area contributed by atoms with Gasteiger partial charge in [-0.2, -0.15) is 0 Å². The minimum Gasteiger partial charge on any atom is -0.756 e. The molecular formula is C45H83N2O6P. The van der Waals surface area contributed by atoms with Crippen molar-refractivity contribution in [2.75, 3.05) is 40.9 Å². The summed E-state index contributed by atoms with van der Waals surface area (Å²) in [5.74, 6) is -0.209. The van der Waals surface area contributed by atoms with Gasteiger partial charge in [0.15, 0.2) is 0 Å². The normalized spacial score (nSPS) is 15.0. The second-order valence-electron chi connectivity index (χ2n) is 15.7. The Hall–Kier alpha value is -1.80. The first-order valence-electron chi connectivity index (χ1n) is 21.7. The van der Waals surface area contributed by atoms with Crippen LogP contribution in [0.4, 0.5) is 0 Å². The maximum atomic E-state index is 12.7. The molecule has 3 unspecified atom stereocenters. The van der Waals surface area contributed by atoms with E-state index in [1.807, 2.05) is 27.2 Å². The van der Waals surface area contributed by atoms with Crippen LogP contribution in [-0.4, -0.2) is 68.5 Å². The Balaban J connectivity index is 3.99. The number of amides is 1. The van der Waals surface area contributed by atoms with E-state index in [9.17, 15) is 19.4 Å². The molecule has 2 N–H and O–H groups in total. The average Bonchev–Trinajstić information content (AvgIpc) is 3.12. The lowest BCUT2D eigenvalue weighted by atomic mass is 10.0. The van der Waals surface area contributed by atoms with E-state index < -0.39 is 20.0 Å². The van der Waals surface area contributed by atoms with Crippen molar-refractivity contribution in [1.82, 2.24) is 5.32 Å². The van der Waals surface area contributed by atoms with Gasteiger partial charge >= 0.3 is 0 Å². The topological polar surface area (TPSA) is 108 Å². The number of rotatable bonds is 38. The van der Waals surface area contributed by atoms with Gasteiger partial charge in [-0.05, 0) is 57.8 Å². The number of unbranched alkanes of at least 4 members (excludes halogenated alkanes) is 17. The Bertz CT molecular complexity index is 1060. The highest BCUT2D eigenvalue weighted by atomic mass is 31.2. The number of phosphoric ester groups is 1. The number of nitrogens with one attached hydrogen (secondary N) is 1. The maximum Gasteiger partial charge on any atom is 0.268 e. The van der Waals surface area contributed by atoms with Crippen LogP contribution in [0.1, 0.15) is 168 Å². The third-order valence-corrected chi connectivity index (χ3v) is 10.2. The third-order valence-electron chi connectivity index (χ3n) is 9.23. The number of phosphoric acid groups is 1. The van der Waals surface area contributed by atoms with Crippen molar-refractivity contribution < 1.29 is 32.9 Å². The predicted octanol–water partition coefficient (Wildman–Crippen LogP) is 11.2. The van der Waals surface area contributed by atoms with Crippen molar-refractivity contribution in [3.8, 4) is 0 Å². The molecule has 3 atom stereocenters. The molecule has 0 fully saturated rings. The monoisotopic (exact) mass is 779 g/mol. The number of allylic oxidation sites excluding steroid dienone is 9. The van der Waals surface area contributed by atoms with Crippen molar-refractivity contribution in [2.45, 2.75) is 180 Å². The smallest absolute Gasteiger partial charge is 0.268 e. The molecular weight excluding hydrogens is 695 g/mol. The van der Waals surface area contributed by atoms with Crippen LogP contribution in [0.3, 0.4) is 0 Å². The molecule has 0 aliphatic rings. The summed E-state index contributed by atoms with van der Waals surface area (Å²) in [5, 5.41) is 13.5. The molecule has 0 aromatic heterocycles. The number of carbonyl (C=O) groups excluding carboxylic acids is 1. The highest BCUT2D eigenvalue weighted by Crippen LogP contribution is 2.38. The quantitative estimate of drug-likeness (QED) is 0.0280. The van der Waals surface area contributed by atoms with Crippen LogP contribution >= 0.6 is 7.82 Å². The molecule has 0 radical (unpaired) electrons. The molecule has 0 heterocycles. The Labute approximate surface area is 332 Å². The summed E-state index contributed by atoms with van der Waals surface area (Å²) >= 11 is 0. The van der Waals surface area contributed by atoms with Gasteiger partial charge in [0.25, 0.3) is 7.82 Å². The Kier molecular flexibility index (Phi) is 35.6. The average molecular weight is 779 g/mol. The molecule has 0 aromatic rings. The van der Waals surface area contributed by atoms with Crippen LogP contribution in [0.15, 0.2) is 60.8 Å². The standard InChI is InChI=1S/C45H83N2O6P/c1-6-8-10-12-13-14-15-16-17-18-19-20-21-22-23-24-25-26-27-28-29-30-31-32-33-35-37-39-45(49)46-43(44(48)38-36-34-11-9-7-2)42-53-54(50,51)52-41-40-47(3,4)5/h8,10,13-14,16-17,19-20,36,38,43-44,48H,6-7,9,11-12,15,18,21-35,37,39-42H2,1-5H3,(H-,46,49,50,51)/b10-8-,14-13-,17-16-,20-19-,38-36+. The highest BCUT2D eigenvalue weighted by molar-refractivity contribution is 7.45. The Morgan fingerprint density at radius 1 is 0.667 bits per heavy atom. The second kappa shape index (κ2) is 36.8. The molecule has 0 saturated carbocycles. The zero-order valence-electron chi connectivity index (χ0n) is 35.4. The van der Waals surface area contributed by atoms with Crippen molar-refractivity contribution in [3.63, 3.8) is 0 Å². The summed E-state index contributed by atoms with van der Waals surface area (Å²) in [7, 11) is 1.25. The van der Waals surface area contributed by atoms with Crippen LogP contribution in [0.25, 0.3) is 0 Å². The lowest BCUT2D eigenvalue weighted by Gasteiger charge is -2.29. The van der Waals surface area contributed by atoms with Crippen LogP contribution in [0.5, 0.6) is 0 Å². The first kappa shape index (κ1) is 52.2. The van der Waals surface area contributed by atoms with Gasteiger partial charge in [0.2, 0.25) is 5.91 Å². The predicted molar refractivity (Wildman–Crippen MR) is 228 cm³/mol. The fourth-order valence-electron chi connectivity index (χ4n) is 5.79. The van der Waals surface area contributed by atoms with Gasteiger partial charge in [-0.3, -0.25) is 9.36 Å². The number of nitrogens with zero attached hydrogens (tertiary/aromatic N) is 1. The lowest BCUT2D eigenvalue weighted by molar-refractivity contribution is -0.870. The highest BCUT2D eigenvalue weighted by Gasteiger charge is 2.23. The van der Waals surface area contributed by atoms with Crippen LogP contribution in [0.2, 0.25) is 0 Å². The first-order chi connectivity index (χ1) is 26.0. The second-order valence-corrected chi connectivity index (χ2v) is 17.1. The fraction of sp³-hybridized carbons (Fsp3) is 0.756. The van der Waals surface area contributed by atoms with Gasteiger partial charge in [-0.15, -0.1) is 0 Å². The Morgan fingerprint density at radius 2 is 1.13 bits per heavy atom. The molecule has 9 heteroatoms. The number of aliphatic hydroxyl groups is 1. The van der Waals surface area contributed by atoms with E-state index >= 15 is 0 Å². The van der Waals surface area contributed by atoms with E-state index in [4.69, 9.17) is 9.05 Å². The van der Waals surface area contributed by atoms with E-state index in [0.717, 1.165) is 70.6 Å². The summed E-state index contributed by atoms with van der Waals surface area (Å²) in [5.41, 5.74) is 0. The molecule has 0 saturated heterocycles. The molecule has 0 bridgehead atoms. The van der Waals surface area contributed by atoms with Crippen LogP contribution in [0, 0.1) is 0 Å². The first-order valence-corrected chi connectivity index (χ1v) is 23.1. The number of carbonyl (C=O) groups is 1. The Morgan fingerprint density at radius 3 is 1.65 bits per heavy atom. The molecule has 8 nitrogen and oxygen atoms in total. The van der Waals surface area contributed by atoms with Crippen LogP contribution < -0.4 is 10.2 Å². The van der Waals surface area contributed by atoms with Crippen molar-refractivity contribution >= 4 is 13.7 Å². The number of hydrogen-bond donors (Lipinski definition) is 2. The molecule has 314 valence electrons. The number of likely N-dealkylation sites (N-methyl/N-ethyl adjacent to an activating group) is 1. The zero-order chi connectivity index (χ0) is 40.0. The van der Waals surface area contributed by atoms with Crippen molar-refractivity contribution in [2.24, 2.45) is 0 Å². The fourth-order valence-corrected chi connectivity index (χ4v) is 6.51. The van der Waals surface area contributed by atoms with Crippen molar-refractivity contribution in [1.29, 1.82) is 0 Å². The molecule has 1 amide bonds. The summed E-state index contributed by atoms with van der Waals surface area (Å²) < 4.78 is 23.0. The zero-order valence-corrected chi connectivity index (χ0v) is 36.3. The van der Waals surface area contributed by atoms with Gasteiger partial charge < -0.3 is 28.8 Å². The number of aliphatic hydroxyl groups excluding tert-OH is 1. The lowest BCUT2D eigenvalue weighted by Crippen LogP contribution is -2.45. The molecule has 54 heavy (non-hydrogen) atoms. The summed E-state index contributed by atoms with van der Waals surface area (Å²) in [4.78, 5) is 25.1. The summed E-state index contributed by atoms with van der Waals surface area (Å²) in [6.07, 6.45) is 47.5. The summed E-state index contributed by atoms with van der Waals surface area (Å²) in [6.45, 7) is 4.40. The minimum atomic E-state index is -4.57. The number of hydrogen-bond acceptors (Lipinski definition) is 6. The molecule has 0 aliphatic carbocycles. The van der Waals surface area contributed by atoms with E-state index in [1.54, 1.807) is 6.08 Å². The SMILES string of the molecule is CC/C=C\C/C=C\C/C=C\C/C=C\CCCCCCCCCCCCCCCCC(=O)NC(COP(=O)([O-])OCC[N+](C)(C)C)C(O)/C=C/CCCCC. The van der Waals surface area contributed by atoms with Gasteiger partial charge in [0.05, 0.1) is 39.9 Å². The molecule has 0 aromatic carbocycles. The minimum absolute atomic E-state index is 0.00381. The van der Waals surface area contributed by atoms with E-state index in [0.29, 0.717) is 17.4 Å². The largest absolute Gasteiger partial charge is 0.756 e. The molecule has 0 rings (SSSR count). The van der Waals surface area contributed by atoms with Gasteiger partial charge in [-0.25, -0.2) is 0 Å². The van der Waals surface area contributed by atoms with Gasteiger partial charge in [-0.1, -0.05) is 164 Å². The van der Waals surface area contributed by atoms with E-state index in [1.165, 1.54) is 77.0 Å². The van der Waals surface area contributed by atoms with Gasteiger partial charge in [0.1, 0.15) is 13.2 Å².